The summed E-state index contributed by atoms with van der Waals surface area (Å²) >= 11 is 7.87. The molecule has 0 bridgehead atoms. The monoisotopic (exact) mass is 603 g/mol. The molecule has 3 aromatic heterocycles. The van der Waals surface area contributed by atoms with Crippen molar-refractivity contribution in [1.29, 1.82) is 0 Å². The fourth-order valence-electron chi connectivity index (χ4n) is 4.81. The summed E-state index contributed by atoms with van der Waals surface area (Å²) in [7, 11) is 0. The number of ether oxygens (including phenoxy) is 1. The van der Waals surface area contributed by atoms with Gasteiger partial charge in [0.1, 0.15) is 23.1 Å². The molecule has 1 amide bonds. The number of aromatic nitrogens is 4. The van der Waals surface area contributed by atoms with Crippen LogP contribution in [0.15, 0.2) is 60.7 Å². The summed E-state index contributed by atoms with van der Waals surface area (Å²) in [5, 5.41) is 13.6. The van der Waals surface area contributed by atoms with E-state index < -0.39 is 5.97 Å². The van der Waals surface area contributed by atoms with Crippen LogP contribution < -0.4 is 5.32 Å². The highest BCUT2D eigenvalue weighted by Gasteiger charge is 2.25. The zero-order valence-electron chi connectivity index (χ0n) is 23.5. The molecule has 0 aliphatic heterocycles. The van der Waals surface area contributed by atoms with Gasteiger partial charge in [0.2, 0.25) is 0 Å². The van der Waals surface area contributed by atoms with Gasteiger partial charge in [-0.15, -0.1) is 21.5 Å². The predicted octanol–water partition coefficient (Wildman–Crippen LogP) is 5.79. The maximum Gasteiger partial charge on any atom is 0.325 e. The average molecular weight is 604 g/mol. The molecule has 1 N–H and O–H groups in total. The molecule has 5 rings (SSSR count). The Hall–Kier alpha value is -4.28. The van der Waals surface area contributed by atoms with Crippen LogP contribution in [0.1, 0.15) is 63.7 Å². The maximum atomic E-state index is 13.7. The van der Waals surface area contributed by atoms with Gasteiger partial charge in [-0.2, -0.15) is 0 Å². The largest absolute Gasteiger partial charge is 0.465 e. The van der Waals surface area contributed by atoms with Crippen molar-refractivity contribution in [3.8, 4) is 5.00 Å². The Morgan fingerprint density at radius 2 is 1.67 bits per heavy atom. The number of amides is 1. The van der Waals surface area contributed by atoms with Crippen molar-refractivity contribution in [2.24, 2.45) is 0 Å². The van der Waals surface area contributed by atoms with Crippen LogP contribution >= 0.6 is 22.9 Å². The Morgan fingerprint density at radius 1 is 0.929 bits per heavy atom. The van der Waals surface area contributed by atoms with Crippen molar-refractivity contribution >= 4 is 51.5 Å². The Labute approximate surface area is 252 Å². The summed E-state index contributed by atoms with van der Waals surface area (Å²) in [5.74, 6) is 0.136. The summed E-state index contributed by atoms with van der Waals surface area (Å²) in [5.41, 5.74) is 1.99. The van der Waals surface area contributed by atoms with Gasteiger partial charge in [0.05, 0.1) is 23.7 Å². The number of ketones is 1. The van der Waals surface area contributed by atoms with Crippen LogP contribution in [0, 0.1) is 0 Å². The molecule has 216 valence electrons. The standard InChI is InChI=1S/C31H30ClN5O4S/c1-4-20-16-22(29(39)21-12-8-9-13-23(21)32)31(42-20)37-26(5-2)34-35-27(37)17-33-30(40)25-15-19-11-7-10-14-24(19)36(25)18-28(38)41-6-3/h7-16H,4-6,17-18H2,1-3H3,(H,33,40). The number of fused-ring (bicyclic) bond motifs is 1. The van der Waals surface area contributed by atoms with E-state index in [2.05, 4.69) is 15.5 Å². The van der Waals surface area contributed by atoms with E-state index in [4.69, 9.17) is 16.3 Å². The number of nitrogens with zero attached hydrogens (tertiary/aromatic N) is 4. The van der Waals surface area contributed by atoms with Gasteiger partial charge < -0.3 is 14.6 Å². The number of carbonyl (C=O) groups is 3. The van der Waals surface area contributed by atoms with Crippen molar-refractivity contribution in [2.75, 3.05) is 6.61 Å². The zero-order chi connectivity index (χ0) is 29.8. The minimum absolute atomic E-state index is 0.0475. The summed E-state index contributed by atoms with van der Waals surface area (Å²) in [6, 6.07) is 18.1. The number of halogens is 1. The van der Waals surface area contributed by atoms with E-state index in [0.717, 1.165) is 22.2 Å². The van der Waals surface area contributed by atoms with Gasteiger partial charge in [0.25, 0.3) is 5.91 Å². The van der Waals surface area contributed by atoms with E-state index >= 15 is 0 Å². The third-order valence-corrected chi connectivity index (χ3v) is 8.43. The molecule has 0 aliphatic rings. The smallest absolute Gasteiger partial charge is 0.325 e. The summed E-state index contributed by atoms with van der Waals surface area (Å²) in [6.45, 7) is 5.93. The molecule has 0 unspecified atom stereocenters. The van der Waals surface area contributed by atoms with E-state index in [9.17, 15) is 14.4 Å². The second kappa shape index (κ2) is 12.7. The number of carbonyl (C=O) groups excluding carboxylic acids is 3. The van der Waals surface area contributed by atoms with Gasteiger partial charge in [-0.1, -0.05) is 55.8 Å². The van der Waals surface area contributed by atoms with E-state index in [0.29, 0.717) is 44.9 Å². The van der Waals surface area contributed by atoms with Crippen LogP contribution in [0.3, 0.4) is 0 Å². The van der Waals surface area contributed by atoms with Gasteiger partial charge in [0, 0.05) is 27.8 Å². The SMILES string of the molecule is CCOC(=O)Cn1c(C(=O)NCc2nnc(CC)n2-c2sc(CC)cc2C(=O)c2ccccc2Cl)cc2ccccc21. The summed E-state index contributed by atoms with van der Waals surface area (Å²) < 4.78 is 8.64. The van der Waals surface area contributed by atoms with E-state index in [1.807, 2.05) is 48.7 Å². The lowest BCUT2D eigenvalue weighted by Crippen LogP contribution is -2.28. The van der Waals surface area contributed by atoms with Gasteiger partial charge in [-0.25, -0.2) is 0 Å². The van der Waals surface area contributed by atoms with Crippen LogP contribution in [0.4, 0.5) is 0 Å². The highest BCUT2D eigenvalue weighted by molar-refractivity contribution is 7.15. The second-order valence-corrected chi connectivity index (χ2v) is 11.0. The Kier molecular flexibility index (Phi) is 8.84. The molecule has 11 heteroatoms. The van der Waals surface area contributed by atoms with Crippen LogP contribution in [0.25, 0.3) is 15.9 Å². The molecule has 5 aromatic rings. The Morgan fingerprint density at radius 3 is 2.40 bits per heavy atom. The third-order valence-electron chi connectivity index (χ3n) is 6.83. The fourth-order valence-corrected chi connectivity index (χ4v) is 6.17. The normalized spacial score (nSPS) is 11.1. The van der Waals surface area contributed by atoms with Crippen molar-refractivity contribution < 1.29 is 19.1 Å². The molecule has 0 aliphatic carbocycles. The molecular formula is C31H30ClN5O4S. The lowest BCUT2D eigenvalue weighted by Gasteiger charge is -2.13. The van der Waals surface area contributed by atoms with Crippen LogP contribution in [0.2, 0.25) is 5.02 Å². The molecule has 0 spiro atoms. The van der Waals surface area contributed by atoms with E-state index in [1.165, 1.54) is 11.3 Å². The Bertz CT molecular complexity index is 1790. The molecule has 0 saturated heterocycles. The number of benzene rings is 2. The highest BCUT2D eigenvalue weighted by atomic mass is 35.5. The minimum Gasteiger partial charge on any atom is -0.465 e. The lowest BCUT2D eigenvalue weighted by molar-refractivity contribution is -0.143. The predicted molar refractivity (Wildman–Crippen MR) is 163 cm³/mol. The van der Waals surface area contributed by atoms with Crippen molar-refractivity contribution in [3.63, 3.8) is 0 Å². The van der Waals surface area contributed by atoms with Crippen molar-refractivity contribution in [3.05, 3.63) is 99.0 Å². The first-order chi connectivity index (χ1) is 20.4. The third kappa shape index (κ3) is 5.73. The second-order valence-electron chi connectivity index (χ2n) is 9.48. The van der Waals surface area contributed by atoms with E-state index in [1.54, 1.807) is 41.8 Å². The number of aryl methyl sites for hydroxylation is 2. The summed E-state index contributed by atoms with van der Waals surface area (Å²) in [6.07, 6.45) is 1.31. The van der Waals surface area contributed by atoms with Crippen LogP contribution in [-0.4, -0.2) is 43.6 Å². The molecule has 9 nitrogen and oxygen atoms in total. The topological polar surface area (TPSA) is 108 Å². The number of esters is 1. The van der Waals surface area contributed by atoms with Crippen LogP contribution in [0.5, 0.6) is 0 Å². The van der Waals surface area contributed by atoms with Crippen molar-refractivity contribution in [2.45, 2.75) is 46.7 Å². The van der Waals surface area contributed by atoms with Gasteiger partial charge >= 0.3 is 5.97 Å². The number of nitrogens with one attached hydrogen (secondary N) is 1. The molecule has 42 heavy (non-hydrogen) atoms. The average Bonchev–Trinajstić information content (AvgIpc) is 3.71. The number of rotatable bonds is 11. The number of hydrogen-bond donors (Lipinski definition) is 1. The first-order valence-corrected chi connectivity index (χ1v) is 14.9. The lowest BCUT2D eigenvalue weighted by atomic mass is 10.0. The molecule has 0 atom stereocenters. The van der Waals surface area contributed by atoms with Gasteiger partial charge in [-0.3, -0.25) is 19.0 Å². The van der Waals surface area contributed by atoms with Crippen LogP contribution in [-0.2, 0) is 35.5 Å². The molecule has 0 saturated carbocycles. The molecule has 3 heterocycles. The molecular weight excluding hydrogens is 574 g/mol. The number of thiophene rings is 1. The first kappa shape index (κ1) is 29.2. The number of hydrogen-bond acceptors (Lipinski definition) is 7. The Balaban J connectivity index is 1.48. The number of para-hydroxylation sites is 1. The van der Waals surface area contributed by atoms with Gasteiger partial charge in [0.15, 0.2) is 11.6 Å². The first-order valence-electron chi connectivity index (χ1n) is 13.7. The molecule has 2 aromatic carbocycles. The molecule has 0 radical (unpaired) electrons. The zero-order valence-corrected chi connectivity index (χ0v) is 25.1. The highest BCUT2D eigenvalue weighted by Crippen LogP contribution is 2.32. The summed E-state index contributed by atoms with van der Waals surface area (Å²) in [4.78, 5) is 40.6. The molecule has 0 fully saturated rings. The van der Waals surface area contributed by atoms with Crippen molar-refractivity contribution in [1.82, 2.24) is 24.6 Å². The van der Waals surface area contributed by atoms with Gasteiger partial charge in [-0.05, 0) is 43.7 Å². The van der Waals surface area contributed by atoms with E-state index in [-0.39, 0.29) is 31.4 Å². The fraction of sp³-hybridized carbons (Fsp3) is 0.258. The quantitative estimate of drug-likeness (QED) is 0.151. The maximum absolute atomic E-state index is 13.7. The minimum atomic E-state index is -0.430.